The fraction of sp³-hybridized carbons (Fsp3) is 0.417. The molecule has 5 heteroatoms. The van der Waals surface area contributed by atoms with Crippen LogP contribution in [0.5, 0.6) is 0 Å². The van der Waals surface area contributed by atoms with Gasteiger partial charge in [-0.1, -0.05) is 0 Å². The Morgan fingerprint density at radius 2 is 2.29 bits per heavy atom. The first-order valence-corrected chi connectivity index (χ1v) is 5.46. The Labute approximate surface area is 99.7 Å². The highest BCUT2D eigenvalue weighted by molar-refractivity contribution is 5.93. The Hall–Kier alpha value is -2.09. The molecule has 0 spiro atoms. The summed E-state index contributed by atoms with van der Waals surface area (Å²) in [5.41, 5.74) is 0.187. The van der Waals surface area contributed by atoms with E-state index in [0.29, 0.717) is 18.7 Å². The summed E-state index contributed by atoms with van der Waals surface area (Å²) in [5.74, 6) is -0.382. The lowest BCUT2D eigenvalue weighted by Gasteiger charge is -2.21. The van der Waals surface area contributed by atoms with Gasteiger partial charge >= 0.3 is 0 Å². The number of pyridine rings is 1. The Balaban J connectivity index is 2.83. The summed E-state index contributed by atoms with van der Waals surface area (Å²) in [7, 11) is 0. The van der Waals surface area contributed by atoms with E-state index in [1.807, 2.05) is 6.92 Å². The monoisotopic (exact) mass is 233 g/mol. The molecule has 1 N–H and O–H groups in total. The number of hydrogen-bond acceptors (Lipinski definition) is 3. The highest BCUT2D eigenvalue weighted by atomic mass is 16.2. The zero-order valence-corrected chi connectivity index (χ0v) is 9.93. The van der Waals surface area contributed by atoms with E-state index in [4.69, 9.17) is 5.26 Å². The number of carbonyl (C=O) groups is 1. The smallest absolute Gasteiger partial charge is 0.255 e. The second kappa shape index (κ2) is 5.85. The number of aromatic amines is 1. The quantitative estimate of drug-likeness (QED) is 0.842. The van der Waals surface area contributed by atoms with Crippen molar-refractivity contribution < 1.29 is 4.79 Å². The molecule has 0 bridgehead atoms. The van der Waals surface area contributed by atoms with Gasteiger partial charge in [0.1, 0.15) is 0 Å². The molecule has 1 atom stereocenters. The maximum absolute atomic E-state index is 12.0. The largest absolute Gasteiger partial charge is 0.338 e. The first-order valence-electron chi connectivity index (χ1n) is 5.46. The molecule has 5 nitrogen and oxygen atoms in total. The average Bonchev–Trinajstić information content (AvgIpc) is 2.35. The lowest BCUT2D eigenvalue weighted by Crippen LogP contribution is -2.34. The van der Waals surface area contributed by atoms with Crippen LogP contribution in [-0.4, -0.2) is 28.9 Å². The van der Waals surface area contributed by atoms with Gasteiger partial charge in [0.2, 0.25) is 5.56 Å². The standard InChI is InChI=1S/C12H15N3O2/c1-3-15(8-9(2)6-13)12(17)10-4-5-11(16)14-7-10/h4-5,7,9H,3,8H2,1-2H3,(H,14,16)/t9-/m0/s1. The number of hydrogen-bond donors (Lipinski definition) is 1. The molecule has 0 aliphatic heterocycles. The molecular formula is C12H15N3O2. The zero-order chi connectivity index (χ0) is 12.8. The molecule has 1 aromatic rings. The van der Waals surface area contributed by atoms with Crippen LogP contribution >= 0.6 is 0 Å². The molecule has 0 aliphatic rings. The van der Waals surface area contributed by atoms with Crippen LogP contribution in [0.3, 0.4) is 0 Å². The molecule has 0 saturated carbocycles. The zero-order valence-electron chi connectivity index (χ0n) is 9.93. The van der Waals surface area contributed by atoms with Crippen molar-refractivity contribution in [1.29, 1.82) is 5.26 Å². The van der Waals surface area contributed by atoms with Crippen LogP contribution in [0, 0.1) is 17.2 Å². The second-order valence-electron chi connectivity index (χ2n) is 3.82. The summed E-state index contributed by atoms with van der Waals surface area (Å²) in [5, 5.41) is 8.73. The predicted molar refractivity (Wildman–Crippen MR) is 63.4 cm³/mol. The predicted octanol–water partition coefficient (Wildman–Crippen LogP) is 0.997. The van der Waals surface area contributed by atoms with Crippen molar-refractivity contribution in [3.8, 4) is 6.07 Å². The number of H-pyrrole nitrogens is 1. The Bertz CT molecular complexity index is 467. The topological polar surface area (TPSA) is 77.0 Å². The molecule has 0 unspecified atom stereocenters. The third-order valence-electron chi connectivity index (χ3n) is 2.41. The molecule has 0 saturated heterocycles. The van der Waals surface area contributed by atoms with E-state index >= 15 is 0 Å². The first-order chi connectivity index (χ1) is 8.08. The molecule has 17 heavy (non-hydrogen) atoms. The molecule has 0 aliphatic carbocycles. The van der Waals surface area contributed by atoms with E-state index in [1.165, 1.54) is 18.3 Å². The maximum atomic E-state index is 12.0. The molecule has 1 amide bonds. The molecule has 1 rings (SSSR count). The van der Waals surface area contributed by atoms with E-state index in [0.717, 1.165) is 0 Å². The van der Waals surface area contributed by atoms with Gasteiger partial charge in [-0.05, 0) is 19.9 Å². The van der Waals surface area contributed by atoms with E-state index in [9.17, 15) is 9.59 Å². The summed E-state index contributed by atoms with van der Waals surface area (Å²) in [6.45, 7) is 4.55. The number of carbonyl (C=O) groups excluding carboxylic acids is 1. The van der Waals surface area contributed by atoms with Crippen molar-refractivity contribution >= 4 is 5.91 Å². The minimum atomic E-state index is -0.241. The van der Waals surface area contributed by atoms with Gasteiger partial charge in [0, 0.05) is 25.4 Å². The summed E-state index contributed by atoms with van der Waals surface area (Å²) >= 11 is 0. The van der Waals surface area contributed by atoms with Crippen LogP contribution in [0.4, 0.5) is 0 Å². The average molecular weight is 233 g/mol. The van der Waals surface area contributed by atoms with E-state index in [2.05, 4.69) is 11.1 Å². The minimum Gasteiger partial charge on any atom is -0.338 e. The molecule has 1 heterocycles. The van der Waals surface area contributed by atoms with Gasteiger partial charge < -0.3 is 9.88 Å². The minimum absolute atomic E-state index is 0.175. The third-order valence-corrected chi connectivity index (χ3v) is 2.41. The summed E-state index contributed by atoms with van der Waals surface area (Å²) < 4.78 is 0. The van der Waals surface area contributed by atoms with E-state index < -0.39 is 0 Å². The van der Waals surface area contributed by atoms with E-state index in [1.54, 1.807) is 11.8 Å². The van der Waals surface area contributed by atoms with Gasteiger partial charge in [0.15, 0.2) is 0 Å². The van der Waals surface area contributed by atoms with Crippen LogP contribution in [0.2, 0.25) is 0 Å². The van der Waals surface area contributed by atoms with Gasteiger partial charge in [0.25, 0.3) is 5.91 Å². The highest BCUT2D eigenvalue weighted by Crippen LogP contribution is 2.05. The van der Waals surface area contributed by atoms with Gasteiger partial charge in [-0.3, -0.25) is 9.59 Å². The number of nitrogens with one attached hydrogen (secondary N) is 1. The lowest BCUT2D eigenvalue weighted by molar-refractivity contribution is 0.0752. The van der Waals surface area contributed by atoms with Crippen molar-refractivity contribution in [3.63, 3.8) is 0 Å². The van der Waals surface area contributed by atoms with Gasteiger partial charge in [-0.2, -0.15) is 5.26 Å². The third kappa shape index (κ3) is 3.45. The van der Waals surface area contributed by atoms with Crippen LogP contribution in [0.15, 0.2) is 23.1 Å². The van der Waals surface area contributed by atoms with Crippen LogP contribution in [-0.2, 0) is 0 Å². The maximum Gasteiger partial charge on any atom is 0.255 e. The normalized spacial score (nSPS) is 11.6. The molecule has 1 aromatic heterocycles. The fourth-order valence-electron chi connectivity index (χ4n) is 1.45. The fourth-order valence-corrected chi connectivity index (χ4v) is 1.45. The number of amides is 1. The summed E-state index contributed by atoms with van der Waals surface area (Å²) in [4.78, 5) is 27.0. The van der Waals surface area contributed by atoms with Crippen molar-refractivity contribution in [1.82, 2.24) is 9.88 Å². The Morgan fingerprint density at radius 3 is 2.76 bits per heavy atom. The molecule has 0 aromatic carbocycles. The van der Waals surface area contributed by atoms with Crippen LogP contribution < -0.4 is 5.56 Å². The van der Waals surface area contributed by atoms with Crippen molar-refractivity contribution in [2.45, 2.75) is 13.8 Å². The Kier molecular flexibility index (Phi) is 4.46. The molecular weight excluding hydrogens is 218 g/mol. The summed E-state index contributed by atoms with van der Waals surface area (Å²) in [6, 6.07) is 4.89. The number of nitriles is 1. The summed E-state index contributed by atoms with van der Waals surface area (Å²) in [6.07, 6.45) is 1.39. The van der Waals surface area contributed by atoms with Gasteiger partial charge in [-0.25, -0.2) is 0 Å². The van der Waals surface area contributed by atoms with Gasteiger partial charge in [-0.15, -0.1) is 0 Å². The van der Waals surface area contributed by atoms with Crippen molar-refractivity contribution in [3.05, 3.63) is 34.2 Å². The van der Waals surface area contributed by atoms with Gasteiger partial charge in [0.05, 0.1) is 17.6 Å². The molecule has 0 fully saturated rings. The van der Waals surface area contributed by atoms with Crippen LogP contribution in [0.1, 0.15) is 24.2 Å². The number of nitrogens with zero attached hydrogens (tertiary/aromatic N) is 2. The lowest BCUT2D eigenvalue weighted by atomic mass is 10.1. The molecule has 0 radical (unpaired) electrons. The van der Waals surface area contributed by atoms with Crippen LogP contribution in [0.25, 0.3) is 0 Å². The SMILES string of the molecule is CCN(C[C@@H](C)C#N)C(=O)c1ccc(=O)[nH]c1. The second-order valence-corrected chi connectivity index (χ2v) is 3.82. The highest BCUT2D eigenvalue weighted by Gasteiger charge is 2.16. The van der Waals surface area contributed by atoms with Crippen molar-refractivity contribution in [2.24, 2.45) is 5.92 Å². The first kappa shape index (κ1) is 13.0. The number of rotatable bonds is 4. The van der Waals surface area contributed by atoms with E-state index in [-0.39, 0.29) is 17.4 Å². The number of aromatic nitrogens is 1. The molecule has 90 valence electrons. The Morgan fingerprint density at radius 1 is 1.59 bits per heavy atom. The van der Waals surface area contributed by atoms with Crippen molar-refractivity contribution in [2.75, 3.05) is 13.1 Å².